The zero-order valence-electron chi connectivity index (χ0n) is 17.0. The number of benzene rings is 1. The molecule has 30 heavy (non-hydrogen) atoms. The van der Waals surface area contributed by atoms with Crippen LogP contribution < -0.4 is 5.43 Å². The molecule has 0 aliphatic carbocycles. The van der Waals surface area contributed by atoms with E-state index in [1.165, 1.54) is 6.07 Å². The molecule has 7 nitrogen and oxygen atoms in total. The normalized spacial score (nSPS) is 24.2. The van der Waals surface area contributed by atoms with Crippen LogP contribution in [0.25, 0.3) is 0 Å². The predicted octanol–water partition coefficient (Wildman–Crippen LogP) is 2.21. The van der Waals surface area contributed by atoms with Gasteiger partial charge in [-0.25, -0.2) is 9.82 Å². The second kappa shape index (κ2) is 8.53. The van der Waals surface area contributed by atoms with Gasteiger partial charge in [-0.2, -0.15) is 5.10 Å². The second-order valence-corrected chi connectivity index (χ2v) is 8.48. The lowest BCUT2D eigenvalue weighted by molar-refractivity contribution is -0.146. The Morgan fingerprint density at radius 1 is 1.17 bits per heavy atom. The average Bonchev–Trinajstić information content (AvgIpc) is 3.17. The quantitative estimate of drug-likeness (QED) is 0.802. The lowest BCUT2D eigenvalue weighted by Crippen LogP contribution is -2.50. The molecule has 3 amide bonds. The highest BCUT2D eigenvalue weighted by Crippen LogP contribution is 2.40. The van der Waals surface area contributed by atoms with E-state index in [2.05, 4.69) is 10.5 Å². The zero-order chi connectivity index (χ0) is 21.1. The third kappa shape index (κ3) is 4.22. The molecule has 4 rings (SSSR count). The van der Waals surface area contributed by atoms with Crippen LogP contribution in [0.2, 0.25) is 0 Å². The molecule has 1 unspecified atom stereocenters. The first kappa shape index (κ1) is 20.5. The maximum absolute atomic E-state index is 14.0. The van der Waals surface area contributed by atoms with E-state index >= 15 is 0 Å². The van der Waals surface area contributed by atoms with Crippen LogP contribution in [0.5, 0.6) is 0 Å². The van der Waals surface area contributed by atoms with Gasteiger partial charge < -0.3 is 9.80 Å². The van der Waals surface area contributed by atoms with Gasteiger partial charge in [0.15, 0.2) is 0 Å². The Morgan fingerprint density at radius 2 is 2.00 bits per heavy atom. The molecule has 0 aromatic heterocycles. The van der Waals surface area contributed by atoms with Crippen LogP contribution in [0.4, 0.5) is 4.39 Å². The molecule has 0 bridgehead atoms. The van der Waals surface area contributed by atoms with E-state index in [0.717, 1.165) is 18.6 Å². The smallest absolute Gasteiger partial charge is 0.240 e. The highest BCUT2D eigenvalue weighted by Gasteiger charge is 2.49. The Balaban J connectivity index is 1.35. The van der Waals surface area contributed by atoms with Crippen molar-refractivity contribution in [3.8, 4) is 0 Å². The third-order valence-corrected chi connectivity index (χ3v) is 6.46. The van der Waals surface area contributed by atoms with E-state index < -0.39 is 5.41 Å². The summed E-state index contributed by atoms with van der Waals surface area (Å²) in [6.07, 6.45) is 4.13. The number of hydrazone groups is 1. The van der Waals surface area contributed by atoms with Gasteiger partial charge in [-0.3, -0.25) is 14.4 Å². The van der Waals surface area contributed by atoms with E-state index in [-0.39, 0.29) is 30.1 Å². The maximum atomic E-state index is 14.0. The van der Waals surface area contributed by atoms with Crippen molar-refractivity contribution in [3.63, 3.8) is 0 Å². The number of hydrogen-bond acceptors (Lipinski definition) is 4. The van der Waals surface area contributed by atoms with Crippen molar-refractivity contribution in [2.24, 2.45) is 10.5 Å². The standard InChI is InChI=1S/C22H27FN4O3/c23-18-5-2-1-4-16(18)14-26-12-3-10-22(21(26)30)11-13-27(15-22)20(29)9-7-17-6-8-19(28)25-24-17/h1-2,4-5H,3,6-15H2,(H,25,28). The fourth-order valence-electron chi connectivity index (χ4n) is 4.70. The third-order valence-electron chi connectivity index (χ3n) is 6.46. The van der Waals surface area contributed by atoms with Gasteiger partial charge in [-0.15, -0.1) is 0 Å². The monoisotopic (exact) mass is 414 g/mol. The molecule has 3 aliphatic heterocycles. The fourth-order valence-corrected chi connectivity index (χ4v) is 4.70. The van der Waals surface area contributed by atoms with E-state index in [4.69, 9.17) is 0 Å². The molecule has 0 radical (unpaired) electrons. The van der Waals surface area contributed by atoms with Gasteiger partial charge in [0.25, 0.3) is 0 Å². The molecule has 2 saturated heterocycles. The van der Waals surface area contributed by atoms with E-state index in [0.29, 0.717) is 57.3 Å². The Morgan fingerprint density at radius 3 is 2.77 bits per heavy atom. The van der Waals surface area contributed by atoms with Crippen molar-refractivity contribution in [1.29, 1.82) is 0 Å². The van der Waals surface area contributed by atoms with Gasteiger partial charge in [0.05, 0.1) is 5.41 Å². The fraction of sp³-hybridized carbons (Fsp3) is 0.545. The van der Waals surface area contributed by atoms with Crippen molar-refractivity contribution < 1.29 is 18.8 Å². The number of amides is 3. The minimum atomic E-state index is -0.546. The molecule has 1 N–H and O–H groups in total. The minimum absolute atomic E-state index is 0.0190. The summed E-state index contributed by atoms with van der Waals surface area (Å²) in [5, 5.41) is 4.02. The lowest BCUT2D eigenvalue weighted by atomic mass is 9.78. The van der Waals surface area contributed by atoms with Crippen molar-refractivity contribution in [3.05, 3.63) is 35.6 Å². The summed E-state index contributed by atoms with van der Waals surface area (Å²) < 4.78 is 14.0. The van der Waals surface area contributed by atoms with Crippen molar-refractivity contribution in [2.75, 3.05) is 19.6 Å². The molecule has 8 heteroatoms. The topological polar surface area (TPSA) is 82.1 Å². The average molecular weight is 414 g/mol. The van der Waals surface area contributed by atoms with Gasteiger partial charge in [-0.05, 0) is 38.2 Å². The van der Waals surface area contributed by atoms with Crippen LogP contribution in [0, 0.1) is 11.2 Å². The Kier molecular flexibility index (Phi) is 5.83. The van der Waals surface area contributed by atoms with Crippen LogP contribution in [0.15, 0.2) is 29.4 Å². The number of nitrogens with zero attached hydrogens (tertiary/aromatic N) is 3. The van der Waals surface area contributed by atoms with Crippen molar-refractivity contribution in [2.45, 2.75) is 51.5 Å². The van der Waals surface area contributed by atoms with Crippen LogP contribution >= 0.6 is 0 Å². The van der Waals surface area contributed by atoms with Gasteiger partial charge >= 0.3 is 0 Å². The second-order valence-electron chi connectivity index (χ2n) is 8.48. The molecule has 1 spiro atoms. The first-order valence-corrected chi connectivity index (χ1v) is 10.6. The molecule has 2 fully saturated rings. The lowest BCUT2D eigenvalue weighted by Gasteiger charge is -2.39. The summed E-state index contributed by atoms with van der Waals surface area (Å²) in [6, 6.07) is 6.55. The number of hydrogen-bond donors (Lipinski definition) is 1. The highest BCUT2D eigenvalue weighted by molar-refractivity contribution is 5.94. The van der Waals surface area contributed by atoms with Gasteiger partial charge in [0.2, 0.25) is 17.7 Å². The van der Waals surface area contributed by atoms with Crippen molar-refractivity contribution >= 4 is 23.4 Å². The summed E-state index contributed by atoms with van der Waals surface area (Å²) in [7, 11) is 0. The summed E-state index contributed by atoms with van der Waals surface area (Å²) in [5.74, 6) is -0.338. The Labute approximate surface area is 175 Å². The number of likely N-dealkylation sites (tertiary alicyclic amines) is 2. The Bertz CT molecular complexity index is 887. The van der Waals surface area contributed by atoms with E-state index in [1.807, 2.05) is 0 Å². The summed E-state index contributed by atoms with van der Waals surface area (Å²) in [5.41, 5.74) is 3.26. The molecule has 3 aliphatic rings. The van der Waals surface area contributed by atoms with Crippen LogP contribution in [-0.4, -0.2) is 52.9 Å². The van der Waals surface area contributed by atoms with E-state index in [1.54, 1.807) is 28.0 Å². The highest BCUT2D eigenvalue weighted by atomic mass is 19.1. The minimum Gasteiger partial charge on any atom is -0.342 e. The summed E-state index contributed by atoms with van der Waals surface area (Å²) >= 11 is 0. The van der Waals surface area contributed by atoms with E-state index in [9.17, 15) is 18.8 Å². The molecular formula is C22H27FN4O3. The first-order valence-electron chi connectivity index (χ1n) is 10.6. The Hall–Kier alpha value is -2.77. The number of piperidine rings is 1. The maximum Gasteiger partial charge on any atom is 0.240 e. The largest absolute Gasteiger partial charge is 0.342 e. The molecule has 1 aromatic carbocycles. The molecular weight excluding hydrogens is 387 g/mol. The molecule has 160 valence electrons. The van der Waals surface area contributed by atoms with Gasteiger partial charge in [-0.1, -0.05) is 18.2 Å². The first-order chi connectivity index (χ1) is 14.5. The summed E-state index contributed by atoms with van der Waals surface area (Å²) in [6.45, 7) is 1.89. The molecule has 3 heterocycles. The van der Waals surface area contributed by atoms with Gasteiger partial charge in [0, 0.05) is 50.3 Å². The zero-order valence-corrected chi connectivity index (χ0v) is 17.0. The number of halogens is 1. The summed E-state index contributed by atoms with van der Waals surface area (Å²) in [4.78, 5) is 40.7. The predicted molar refractivity (Wildman–Crippen MR) is 109 cm³/mol. The molecule has 1 atom stereocenters. The number of rotatable bonds is 5. The van der Waals surface area contributed by atoms with Crippen molar-refractivity contribution in [1.82, 2.24) is 15.2 Å². The van der Waals surface area contributed by atoms with Crippen LogP contribution in [-0.2, 0) is 20.9 Å². The molecule has 0 saturated carbocycles. The van der Waals surface area contributed by atoms with Crippen LogP contribution in [0.1, 0.15) is 50.5 Å². The number of nitrogens with one attached hydrogen (secondary N) is 1. The SMILES string of the molecule is O=C1CCC(CCC(=O)N2CCC3(CCCN(Cc4ccccc4F)C3=O)C2)=NN1. The number of carbonyl (C=O) groups is 3. The number of carbonyl (C=O) groups excluding carboxylic acids is 3. The van der Waals surface area contributed by atoms with Crippen LogP contribution in [0.3, 0.4) is 0 Å². The molecule has 1 aromatic rings. The van der Waals surface area contributed by atoms with Gasteiger partial charge in [0.1, 0.15) is 5.82 Å².